The zero-order valence-corrected chi connectivity index (χ0v) is 15.1. The van der Waals surface area contributed by atoms with Gasteiger partial charge in [0.15, 0.2) is 0 Å². The van der Waals surface area contributed by atoms with Crippen LogP contribution in [0, 0.1) is 0 Å². The van der Waals surface area contributed by atoms with E-state index >= 15 is 0 Å². The molecule has 4 aromatic carbocycles. The lowest BCUT2D eigenvalue weighted by molar-refractivity contribution is 0.122. The molecule has 0 aromatic heterocycles. The molecule has 0 aliphatic carbocycles. The molecule has 1 atom stereocenters. The fraction of sp³-hybridized carbons (Fsp3) is 0.0769. The van der Waals surface area contributed by atoms with Gasteiger partial charge in [0.25, 0.3) is 0 Å². The van der Waals surface area contributed by atoms with E-state index in [9.17, 15) is 5.11 Å². The van der Waals surface area contributed by atoms with Crippen LogP contribution in [0.3, 0.4) is 0 Å². The van der Waals surface area contributed by atoms with Crippen LogP contribution in [-0.2, 0) is 5.41 Å². The summed E-state index contributed by atoms with van der Waals surface area (Å²) in [5, 5.41) is 11.8. The van der Waals surface area contributed by atoms with Crippen molar-refractivity contribution in [3.63, 3.8) is 0 Å². The van der Waals surface area contributed by atoms with Gasteiger partial charge >= 0.3 is 0 Å². The Bertz CT molecular complexity index is 867. The second-order valence-corrected chi connectivity index (χ2v) is 6.72. The molecule has 4 aromatic rings. The summed E-state index contributed by atoms with van der Waals surface area (Å²) in [4.78, 5) is 0. The van der Waals surface area contributed by atoms with E-state index in [0.29, 0.717) is 0 Å². The smallest absolute Gasteiger partial charge is 0.0968 e. The lowest BCUT2D eigenvalue weighted by Crippen LogP contribution is -2.36. The first kappa shape index (κ1) is 17.3. The standard InChI is InChI=1S/C26H22O/c27-25(21-13-5-1-6-14-21)26(22-15-7-2-8-16-22,23-17-9-3-10-18-23)24-19-11-4-12-20-24/h1-20,25,27H/t25-/m0/s1. The van der Waals surface area contributed by atoms with E-state index < -0.39 is 11.5 Å². The molecule has 0 spiro atoms. The van der Waals surface area contributed by atoms with Gasteiger partial charge in [0.1, 0.15) is 0 Å². The van der Waals surface area contributed by atoms with Gasteiger partial charge in [-0.05, 0) is 22.3 Å². The summed E-state index contributed by atoms with van der Waals surface area (Å²) in [6.45, 7) is 0. The third-order valence-electron chi connectivity index (χ3n) is 5.21. The molecule has 1 N–H and O–H groups in total. The van der Waals surface area contributed by atoms with E-state index in [2.05, 4.69) is 36.4 Å². The topological polar surface area (TPSA) is 20.2 Å². The van der Waals surface area contributed by atoms with E-state index in [0.717, 1.165) is 22.3 Å². The highest BCUT2D eigenvalue weighted by Gasteiger charge is 2.43. The lowest BCUT2D eigenvalue weighted by Gasteiger charge is -2.40. The molecule has 0 saturated carbocycles. The van der Waals surface area contributed by atoms with E-state index in [1.54, 1.807) is 0 Å². The summed E-state index contributed by atoms with van der Waals surface area (Å²) in [7, 11) is 0. The second-order valence-electron chi connectivity index (χ2n) is 6.72. The molecular weight excluding hydrogens is 328 g/mol. The maximum atomic E-state index is 11.8. The Labute approximate surface area is 160 Å². The van der Waals surface area contributed by atoms with Gasteiger partial charge < -0.3 is 5.11 Å². The van der Waals surface area contributed by atoms with Gasteiger partial charge in [0.05, 0.1) is 11.5 Å². The van der Waals surface area contributed by atoms with Crippen molar-refractivity contribution in [2.45, 2.75) is 11.5 Å². The summed E-state index contributed by atoms with van der Waals surface area (Å²) >= 11 is 0. The molecule has 0 fully saturated rings. The van der Waals surface area contributed by atoms with Crippen LogP contribution in [0.25, 0.3) is 0 Å². The predicted octanol–water partition coefficient (Wildman–Crippen LogP) is 5.75. The van der Waals surface area contributed by atoms with E-state index in [4.69, 9.17) is 0 Å². The minimum Gasteiger partial charge on any atom is -0.387 e. The van der Waals surface area contributed by atoms with Crippen LogP contribution in [0.15, 0.2) is 121 Å². The van der Waals surface area contributed by atoms with Crippen molar-refractivity contribution in [3.8, 4) is 0 Å². The highest BCUT2D eigenvalue weighted by Crippen LogP contribution is 2.48. The number of aliphatic hydroxyl groups excluding tert-OH is 1. The Morgan fingerprint density at radius 2 is 0.741 bits per heavy atom. The summed E-state index contributed by atoms with van der Waals surface area (Å²) < 4.78 is 0. The first-order valence-corrected chi connectivity index (χ1v) is 9.23. The Balaban J connectivity index is 2.07. The van der Waals surface area contributed by atoms with E-state index in [1.807, 2.05) is 84.9 Å². The molecular formula is C26H22O. The van der Waals surface area contributed by atoms with Crippen molar-refractivity contribution in [1.29, 1.82) is 0 Å². The number of hydrogen-bond donors (Lipinski definition) is 1. The van der Waals surface area contributed by atoms with Crippen LogP contribution >= 0.6 is 0 Å². The van der Waals surface area contributed by atoms with Crippen LogP contribution in [0.5, 0.6) is 0 Å². The Morgan fingerprint density at radius 1 is 0.444 bits per heavy atom. The van der Waals surface area contributed by atoms with Gasteiger partial charge in [-0.2, -0.15) is 0 Å². The maximum Gasteiger partial charge on any atom is 0.0968 e. The molecule has 0 aliphatic rings. The van der Waals surface area contributed by atoms with Crippen molar-refractivity contribution in [2.24, 2.45) is 0 Å². The largest absolute Gasteiger partial charge is 0.387 e. The molecule has 0 aliphatic heterocycles. The van der Waals surface area contributed by atoms with Gasteiger partial charge in [-0.25, -0.2) is 0 Å². The fourth-order valence-electron chi connectivity index (χ4n) is 3.96. The Hall–Kier alpha value is -3.16. The first-order chi connectivity index (χ1) is 13.3. The number of hydrogen-bond acceptors (Lipinski definition) is 1. The van der Waals surface area contributed by atoms with Crippen molar-refractivity contribution >= 4 is 0 Å². The summed E-state index contributed by atoms with van der Waals surface area (Å²) in [6.07, 6.45) is -0.731. The van der Waals surface area contributed by atoms with Crippen LogP contribution in [0.2, 0.25) is 0 Å². The minimum atomic E-state index is -0.731. The van der Waals surface area contributed by atoms with Crippen molar-refractivity contribution in [1.82, 2.24) is 0 Å². The maximum absolute atomic E-state index is 11.8. The Kier molecular flexibility index (Phi) is 4.86. The number of benzene rings is 4. The van der Waals surface area contributed by atoms with Crippen molar-refractivity contribution in [3.05, 3.63) is 144 Å². The highest BCUT2D eigenvalue weighted by atomic mass is 16.3. The highest BCUT2D eigenvalue weighted by molar-refractivity contribution is 5.53. The van der Waals surface area contributed by atoms with E-state index in [1.165, 1.54) is 0 Å². The van der Waals surface area contributed by atoms with Crippen LogP contribution in [-0.4, -0.2) is 5.11 Å². The number of aliphatic hydroxyl groups is 1. The molecule has 132 valence electrons. The zero-order valence-electron chi connectivity index (χ0n) is 15.1. The molecule has 1 nitrogen and oxygen atoms in total. The van der Waals surface area contributed by atoms with Crippen molar-refractivity contribution in [2.75, 3.05) is 0 Å². The summed E-state index contributed by atoms with van der Waals surface area (Å²) in [5.41, 5.74) is 3.40. The zero-order chi connectivity index (χ0) is 18.5. The van der Waals surface area contributed by atoms with Crippen LogP contribution in [0.1, 0.15) is 28.4 Å². The first-order valence-electron chi connectivity index (χ1n) is 9.23. The molecule has 0 unspecified atom stereocenters. The van der Waals surface area contributed by atoms with Gasteiger partial charge in [0.2, 0.25) is 0 Å². The quantitative estimate of drug-likeness (QED) is 0.454. The molecule has 0 saturated heterocycles. The lowest BCUT2D eigenvalue weighted by atomic mass is 9.64. The van der Waals surface area contributed by atoms with Gasteiger partial charge in [-0.15, -0.1) is 0 Å². The molecule has 1 heteroatoms. The van der Waals surface area contributed by atoms with Crippen LogP contribution < -0.4 is 0 Å². The second kappa shape index (κ2) is 7.61. The summed E-state index contributed by atoms with van der Waals surface area (Å²) in [6, 6.07) is 40.8. The van der Waals surface area contributed by atoms with Gasteiger partial charge in [-0.1, -0.05) is 121 Å². The normalized spacial score (nSPS) is 12.5. The molecule has 0 bridgehead atoms. The fourth-order valence-corrected chi connectivity index (χ4v) is 3.96. The molecule has 27 heavy (non-hydrogen) atoms. The van der Waals surface area contributed by atoms with Gasteiger partial charge in [-0.3, -0.25) is 0 Å². The SMILES string of the molecule is O[C@@H](c1ccccc1)C(c1ccccc1)(c1ccccc1)c1ccccc1. The Morgan fingerprint density at radius 3 is 1.07 bits per heavy atom. The van der Waals surface area contributed by atoms with E-state index in [-0.39, 0.29) is 0 Å². The average molecular weight is 350 g/mol. The third-order valence-corrected chi connectivity index (χ3v) is 5.21. The third kappa shape index (κ3) is 3.07. The average Bonchev–Trinajstić information content (AvgIpc) is 2.77. The van der Waals surface area contributed by atoms with Gasteiger partial charge in [0, 0.05) is 0 Å². The molecule has 4 rings (SSSR count). The molecule has 0 amide bonds. The number of rotatable bonds is 5. The molecule has 0 heterocycles. The molecule has 0 radical (unpaired) electrons. The minimum absolute atomic E-state index is 0.703. The van der Waals surface area contributed by atoms with Crippen LogP contribution in [0.4, 0.5) is 0 Å². The van der Waals surface area contributed by atoms with Crippen molar-refractivity contribution < 1.29 is 5.11 Å². The predicted molar refractivity (Wildman–Crippen MR) is 111 cm³/mol. The summed E-state index contributed by atoms with van der Waals surface area (Å²) in [5.74, 6) is 0. The monoisotopic (exact) mass is 350 g/mol.